The van der Waals surface area contributed by atoms with Crippen LogP contribution < -0.4 is 16.4 Å². The number of hydrogen-bond donors (Lipinski definition) is 7. The zero-order valence-electron chi connectivity index (χ0n) is 23.4. The zero-order chi connectivity index (χ0) is 30.7. The molecular weight excluding hydrogens is 542 g/mol. The molecule has 3 aliphatic rings. The van der Waals surface area contributed by atoms with Gasteiger partial charge in [-0.05, 0) is 74.4 Å². The Balaban J connectivity index is 1.50. The molecule has 3 aliphatic carbocycles. The number of amides is 2. The van der Waals surface area contributed by atoms with E-state index in [0.29, 0.717) is 16.8 Å². The van der Waals surface area contributed by atoms with Crippen molar-refractivity contribution in [2.45, 2.75) is 51.2 Å². The van der Waals surface area contributed by atoms with Gasteiger partial charge in [-0.3, -0.25) is 19.2 Å². The van der Waals surface area contributed by atoms with E-state index in [2.05, 4.69) is 10.6 Å². The van der Waals surface area contributed by atoms with Crippen molar-refractivity contribution >= 4 is 34.8 Å². The molecule has 3 atom stereocenters. The molecule has 42 heavy (non-hydrogen) atoms. The van der Waals surface area contributed by atoms with Gasteiger partial charge in [-0.25, -0.2) is 0 Å². The topological polar surface area (TPSA) is 199 Å². The van der Waals surface area contributed by atoms with E-state index < -0.39 is 52.0 Å². The maximum absolute atomic E-state index is 13.7. The van der Waals surface area contributed by atoms with Crippen LogP contribution in [0.4, 0.5) is 5.69 Å². The average molecular weight is 576 g/mol. The van der Waals surface area contributed by atoms with Gasteiger partial charge in [-0.15, -0.1) is 0 Å². The Morgan fingerprint density at radius 3 is 2.31 bits per heavy atom. The number of carbonyl (C=O) groups is 4. The monoisotopic (exact) mass is 575 g/mol. The second-order valence-corrected chi connectivity index (χ2v) is 12.1. The number of fused-ring (bicyclic) bond motifs is 3. The third-order valence-corrected chi connectivity index (χ3v) is 8.21. The van der Waals surface area contributed by atoms with Gasteiger partial charge < -0.3 is 36.8 Å². The van der Waals surface area contributed by atoms with E-state index in [1.165, 1.54) is 6.07 Å². The first-order valence-corrected chi connectivity index (χ1v) is 13.6. The van der Waals surface area contributed by atoms with Crippen molar-refractivity contribution in [2.24, 2.45) is 17.6 Å². The number of carbonyl (C=O) groups excluding carboxylic acids is 4. The predicted octanol–water partition coefficient (Wildman–Crippen LogP) is 2.42. The quantitative estimate of drug-likeness (QED) is 0.262. The molecule has 2 aromatic carbocycles. The minimum atomic E-state index is -2.61. The van der Waals surface area contributed by atoms with E-state index in [4.69, 9.17) is 5.73 Å². The van der Waals surface area contributed by atoms with Crippen LogP contribution in [0.2, 0.25) is 0 Å². The highest BCUT2D eigenvalue weighted by Crippen LogP contribution is 2.53. The van der Waals surface area contributed by atoms with Crippen LogP contribution in [0.5, 0.6) is 5.75 Å². The van der Waals surface area contributed by atoms with Crippen molar-refractivity contribution in [1.82, 2.24) is 5.32 Å². The third-order valence-electron chi connectivity index (χ3n) is 8.21. The van der Waals surface area contributed by atoms with Gasteiger partial charge in [0, 0.05) is 29.1 Å². The van der Waals surface area contributed by atoms with Gasteiger partial charge in [0.2, 0.25) is 11.7 Å². The molecule has 2 aromatic rings. The Morgan fingerprint density at radius 2 is 1.69 bits per heavy atom. The molecule has 0 bridgehead atoms. The Kier molecular flexibility index (Phi) is 6.99. The number of primary amides is 1. The molecule has 11 nitrogen and oxygen atoms in total. The Hall–Kier alpha value is -4.48. The third kappa shape index (κ3) is 4.74. The largest absolute Gasteiger partial charge is 0.508 e. The smallest absolute Gasteiger partial charge is 0.255 e. The summed E-state index contributed by atoms with van der Waals surface area (Å²) in [5, 5.41) is 50.1. The molecule has 220 valence electrons. The Bertz CT molecular complexity index is 1600. The minimum absolute atomic E-state index is 0.0188. The van der Waals surface area contributed by atoms with E-state index >= 15 is 0 Å². The fraction of sp³-hybridized carbons (Fsp3) is 0.355. The minimum Gasteiger partial charge on any atom is -0.508 e. The molecule has 8 N–H and O–H groups in total. The molecule has 0 spiro atoms. The summed E-state index contributed by atoms with van der Waals surface area (Å²) < 4.78 is 0. The van der Waals surface area contributed by atoms with Crippen molar-refractivity contribution in [3.63, 3.8) is 0 Å². The lowest BCUT2D eigenvalue weighted by Gasteiger charge is -2.46. The van der Waals surface area contributed by atoms with Crippen LogP contribution >= 0.6 is 0 Å². The van der Waals surface area contributed by atoms with Crippen LogP contribution in [0.15, 0.2) is 53.3 Å². The number of phenols is 1. The molecule has 3 unspecified atom stereocenters. The Labute approximate surface area is 241 Å². The highest BCUT2D eigenvalue weighted by atomic mass is 16.3. The first-order chi connectivity index (χ1) is 19.6. The molecular formula is C31H33N3O8. The molecule has 1 saturated carbocycles. The van der Waals surface area contributed by atoms with Gasteiger partial charge >= 0.3 is 0 Å². The predicted molar refractivity (Wildman–Crippen MR) is 153 cm³/mol. The van der Waals surface area contributed by atoms with E-state index in [-0.39, 0.29) is 54.1 Å². The molecule has 0 radical (unpaired) electrons. The molecule has 0 aromatic heterocycles. The number of rotatable bonds is 5. The van der Waals surface area contributed by atoms with Gasteiger partial charge in [0.25, 0.3) is 5.91 Å². The van der Waals surface area contributed by atoms with E-state index in [9.17, 15) is 39.6 Å². The van der Waals surface area contributed by atoms with Gasteiger partial charge in [0.05, 0.1) is 12.1 Å². The number of anilines is 1. The van der Waals surface area contributed by atoms with Crippen molar-refractivity contribution in [1.29, 1.82) is 0 Å². The summed E-state index contributed by atoms with van der Waals surface area (Å²) in [5.41, 5.74) is 3.96. The number of aliphatic hydroxyl groups is 3. The summed E-state index contributed by atoms with van der Waals surface area (Å²) >= 11 is 0. The fourth-order valence-electron chi connectivity index (χ4n) is 6.18. The summed E-state index contributed by atoms with van der Waals surface area (Å²) in [5.74, 6) is -6.89. The van der Waals surface area contributed by atoms with Crippen molar-refractivity contribution < 1.29 is 39.6 Å². The average Bonchev–Trinajstić information content (AvgIpc) is 2.90. The maximum Gasteiger partial charge on any atom is 0.255 e. The van der Waals surface area contributed by atoms with E-state index in [1.54, 1.807) is 30.3 Å². The lowest BCUT2D eigenvalue weighted by atomic mass is 9.59. The van der Waals surface area contributed by atoms with E-state index in [1.807, 2.05) is 20.8 Å². The summed E-state index contributed by atoms with van der Waals surface area (Å²) in [4.78, 5) is 50.4. The Morgan fingerprint density at radius 1 is 1.02 bits per heavy atom. The SMILES string of the molecule is CC(C)(C)NCC(=O)Nc1ccc(-c2ccc(O)c3c2CC2CC4CC(=O)C(C(N)=O)=C(O)C4(O)C(=O)C2=C3O)cc1. The number of phenolic OH excluding ortho intramolecular Hbond substituents is 1. The number of Topliss-reactive ketones (excluding diaryl/α,β-unsaturated/α-hetero) is 2. The van der Waals surface area contributed by atoms with Crippen LogP contribution in [0, 0.1) is 11.8 Å². The van der Waals surface area contributed by atoms with Gasteiger partial charge in [-0.2, -0.15) is 0 Å². The first kappa shape index (κ1) is 29.0. The molecule has 2 amide bonds. The van der Waals surface area contributed by atoms with Crippen molar-refractivity contribution in [2.75, 3.05) is 11.9 Å². The van der Waals surface area contributed by atoms with Crippen LogP contribution in [0.3, 0.4) is 0 Å². The normalized spacial score (nSPS) is 23.7. The second kappa shape index (κ2) is 10.1. The van der Waals surface area contributed by atoms with Crippen LogP contribution in [0.1, 0.15) is 44.7 Å². The molecule has 0 aliphatic heterocycles. The standard InChI is InChI=1S/C31H33N3O8/c1-30(2,3)33-13-22(37)34-17-6-4-14(5-7-17)18-8-9-20(35)24-19(18)11-15-10-16-12-21(36)25(29(32)41)28(40)31(16,42)27(39)23(15)26(24)38/h4-9,15-16,33,35,38,40,42H,10-13H2,1-3H3,(H2,32,41)(H,34,37). The number of aromatic hydroxyl groups is 1. The summed E-state index contributed by atoms with van der Waals surface area (Å²) in [6, 6.07) is 10.1. The van der Waals surface area contributed by atoms with Gasteiger partial charge in [-0.1, -0.05) is 18.2 Å². The molecule has 0 saturated heterocycles. The highest BCUT2D eigenvalue weighted by Gasteiger charge is 2.60. The summed E-state index contributed by atoms with van der Waals surface area (Å²) in [6.45, 7) is 6.02. The maximum atomic E-state index is 13.7. The van der Waals surface area contributed by atoms with Gasteiger partial charge in [0.1, 0.15) is 22.8 Å². The van der Waals surface area contributed by atoms with Crippen LogP contribution in [-0.4, -0.2) is 61.5 Å². The van der Waals surface area contributed by atoms with E-state index in [0.717, 1.165) is 5.56 Å². The highest BCUT2D eigenvalue weighted by molar-refractivity contribution is 6.22. The number of hydrogen-bond acceptors (Lipinski definition) is 9. The molecule has 11 heteroatoms. The number of benzene rings is 2. The molecule has 5 rings (SSSR count). The summed E-state index contributed by atoms with van der Waals surface area (Å²) in [7, 11) is 0. The number of nitrogens with one attached hydrogen (secondary N) is 2. The van der Waals surface area contributed by atoms with Crippen LogP contribution in [0.25, 0.3) is 16.9 Å². The number of aliphatic hydroxyl groups excluding tert-OH is 2. The fourth-order valence-corrected chi connectivity index (χ4v) is 6.18. The van der Waals surface area contributed by atoms with Crippen molar-refractivity contribution in [3.05, 3.63) is 64.4 Å². The van der Waals surface area contributed by atoms with Crippen LogP contribution in [-0.2, 0) is 25.6 Å². The first-order valence-electron chi connectivity index (χ1n) is 13.6. The number of ketones is 2. The zero-order valence-corrected chi connectivity index (χ0v) is 23.4. The summed E-state index contributed by atoms with van der Waals surface area (Å²) in [6.07, 6.45) is -0.145. The van der Waals surface area contributed by atoms with Gasteiger partial charge in [0.15, 0.2) is 11.4 Å². The lowest BCUT2D eigenvalue weighted by Crippen LogP contribution is -2.58. The molecule has 0 heterocycles. The second-order valence-electron chi connectivity index (χ2n) is 12.1. The number of nitrogens with two attached hydrogens (primary N) is 1. The molecule has 1 fully saturated rings. The lowest BCUT2D eigenvalue weighted by molar-refractivity contribution is -0.147. The van der Waals surface area contributed by atoms with Crippen molar-refractivity contribution in [3.8, 4) is 16.9 Å².